The highest BCUT2D eigenvalue weighted by molar-refractivity contribution is 5.84. The number of hydrogen-bond acceptors (Lipinski definition) is 4. The monoisotopic (exact) mass is 466 g/mol. The Morgan fingerprint density at radius 2 is 1.53 bits per heavy atom. The van der Waals surface area contributed by atoms with Crippen molar-refractivity contribution in [2.75, 3.05) is 19.7 Å². The number of carbonyl (C=O) groups excluding carboxylic acids is 2. The van der Waals surface area contributed by atoms with Crippen LogP contribution in [0.4, 0.5) is 4.79 Å². The number of rotatable bonds is 10. The molecular weight excluding hydrogens is 432 g/mol. The number of hydrogen-bond donors (Lipinski definition) is 2. The Kier molecular flexibility index (Phi) is 8.31. The minimum atomic E-state index is -1.06. The van der Waals surface area contributed by atoms with Crippen LogP contribution in [0.3, 0.4) is 0 Å². The number of nitrogens with zero attached hydrogens (tertiary/aromatic N) is 1. The Morgan fingerprint density at radius 1 is 0.971 bits per heavy atom. The second-order valence-corrected chi connectivity index (χ2v) is 9.49. The van der Waals surface area contributed by atoms with Crippen LogP contribution in [0.5, 0.6) is 0 Å². The number of alkyl carbamates (subject to hydrolysis) is 1. The maximum atomic E-state index is 13.1. The lowest BCUT2D eigenvalue weighted by atomic mass is 9.95. The maximum Gasteiger partial charge on any atom is 0.407 e. The van der Waals surface area contributed by atoms with E-state index in [4.69, 9.17) is 4.74 Å². The Hall–Kier alpha value is -3.35. The molecule has 1 unspecified atom stereocenters. The molecule has 0 heterocycles. The zero-order valence-corrected chi connectivity index (χ0v) is 20.3. The van der Waals surface area contributed by atoms with Gasteiger partial charge in [-0.05, 0) is 48.4 Å². The van der Waals surface area contributed by atoms with Gasteiger partial charge >= 0.3 is 12.1 Å². The average molecular weight is 467 g/mol. The van der Waals surface area contributed by atoms with Crippen LogP contribution in [0.2, 0.25) is 0 Å². The molecule has 7 heteroatoms. The number of ether oxygens (including phenoxy) is 1. The van der Waals surface area contributed by atoms with Crippen LogP contribution in [0.15, 0.2) is 48.5 Å². The van der Waals surface area contributed by atoms with Crippen LogP contribution >= 0.6 is 0 Å². The summed E-state index contributed by atoms with van der Waals surface area (Å²) in [5, 5.41) is 11.9. The standard InChI is InChI=1S/C27H34N2O5/c1-17(2)13-19(26(32)29(18(3)4)15-25(30)31)14-28-27(33)34-16-24-22-11-7-5-9-20(22)21-10-6-8-12-23(21)24/h5-12,17-19,24H,13-16H2,1-4H3,(H,28,33)(H,30,31). The SMILES string of the molecule is CC(C)CC(CNC(=O)OCC1c2ccccc2-c2ccccc21)C(=O)N(CC(=O)O)C(C)C. The van der Waals surface area contributed by atoms with Gasteiger partial charge in [-0.3, -0.25) is 9.59 Å². The summed E-state index contributed by atoms with van der Waals surface area (Å²) < 4.78 is 5.58. The Labute approximate surface area is 201 Å². The Bertz CT molecular complexity index is 988. The molecule has 0 bridgehead atoms. The van der Waals surface area contributed by atoms with Crippen LogP contribution in [0.25, 0.3) is 11.1 Å². The topological polar surface area (TPSA) is 95.9 Å². The summed E-state index contributed by atoms with van der Waals surface area (Å²) >= 11 is 0. The van der Waals surface area contributed by atoms with Crippen molar-refractivity contribution in [2.24, 2.45) is 11.8 Å². The van der Waals surface area contributed by atoms with E-state index in [9.17, 15) is 19.5 Å². The van der Waals surface area contributed by atoms with Crippen molar-refractivity contribution in [3.8, 4) is 11.1 Å². The minimum absolute atomic E-state index is 0.0433. The number of nitrogens with one attached hydrogen (secondary N) is 1. The van der Waals surface area contributed by atoms with Gasteiger partial charge in [0.25, 0.3) is 0 Å². The zero-order valence-electron chi connectivity index (χ0n) is 20.3. The molecule has 3 rings (SSSR count). The molecule has 0 spiro atoms. The lowest BCUT2D eigenvalue weighted by Gasteiger charge is -2.30. The van der Waals surface area contributed by atoms with Gasteiger partial charge < -0.3 is 20.1 Å². The molecule has 1 aliphatic carbocycles. The predicted octanol–water partition coefficient (Wildman–Crippen LogP) is 4.51. The molecule has 0 saturated carbocycles. The quantitative estimate of drug-likeness (QED) is 0.537. The molecule has 7 nitrogen and oxygen atoms in total. The van der Waals surface area contributed by atoms with E-state index in [1.165, 1.54) is 4.90 Å². The fourth-order valence-electron chi connectivity index (χ4n) is 4.59. The van der Waals surface area contributed by atoms with Crippen molar-refractivity contribution >= 4 is 18.0 Å². The van der Waals surface area contributed by atoms with Crippen molar-refractivity contribution in [3.63, 3.8) is 0 Å². The van der Waals surface area contributed by atoms with Gasteiger partial charge in [-0.15, -0.1) is 0 Å². The van der Waals surface area contributed by atoms with Gasteiger partial charge in [0.2, 0.25) is 5.91 Å². The van der Waals surface area contributed by atoms with Crippen molar-refractivity contribution < 1.29 is 24.2 Å². The first-order valence-electron chi connectivity index (χ1n) is 11.8. The molecule has 182 valence electrons. The van der Waals surface area contributed by atoms with Gasteiger partial charge in [0, 0.05) is 18.5 Å². The van der Waals surface area contributed by atoms with E-state index in [0.717, 1.165) is 22.3 Å². The second kappa shape index (κ2) is 11.2. The number of carboxylic acid groups (broad SMARTS) is 1. The fraction of sp³-hybridized carbons (Fsp3) is 0.444. The van der Waals surface area contributed by atoms with Crippen LogP contribution in [0.1, 0.15) is 51.2 Å². The van der Waals surface area contributed by atoms with Gasteiger partial charge in [-0.25, -0.2) is 4.79 Å². The molecule has 0 aliphatic heterocycles. The Balaban J connectivity index is 1.63. The number of fused-ring (bicyclic) bond motifs is 3. The third kappa shape index (κ3) is 5.95. The van der Waals surface area contributed by atoms with Crippen LogP contribution < -0.4 is 5.32 Å². The van der Waals surface area contributed by atoms with E-state index in [1.54, 1.807) is 13.8 Å². The lowest BCUT2D eigenvalue weighted by Crippen LogP contribution is -2.47. The van der Waals surface area contributed by atoms with Gasteiger partial charge in [-0.1, -0.05) is 62.4 Å². The van der Waals surface area contributed by atoms with E-state index in [1.807, 2.05) is 38.1 Å². The minimum Gasteiger partial charge on any atom is -0.480 e. The van der Waals surface area contributed by atoms with Crippen molar-refractivity contribution in [3.05, 3.63) is 59.7 Å². The first-order valence-corrected chi connectivity index (χ1v) is 11.8. The Morgan fingerprint density at radius 3 is 2.03 bits per heavy atom. The van der Waals surface area contributed by atoms with Crippen molar-refractivity contribution in [1.29, 1.82) is 0 Å². The molecule has 0 radical (unpaired) electrons. The molecule has 0 aromatic heterocycles. The van der Waals surface area contributed by atoms with E-state index >= 15 is 0 Å². The van der Waals surface area contributed by atoms with Gasteiger partial charge in [0.1, 0.15) is 13.2 Å². The first kappa shape index (κ1) is 25.3. The summed E-state index contributed by atoms with van der Waals surface area (Å²) in [6, 6.07) is 16.0. The van der Waals surface area contributed by atoms with E-state index in [0.29, 0.717) is 6.42 Å². The highest BCUT2D eigenvalue weighted by atomic mass is 16.5. The van der Waals surface area contributed by atoms with E-state index in [-0.39, 0.29) is 43.5 Å². The number of carbonyl (C=O) groups is 3. The number of amides is 2. The summed E-state index contributed by atoms with van der Waals surface area (Å²) in [6.45, 7) is 7.47. The van der Waals surface area contributed by atoms with Crippen LogP contribution in [0, 0.1) is 11.8 Å². The third-order valence-electron chi connectivity index (χ3n) is 6.15. The molecular formula is C27H34N2O5. The highest BCUT2D eigenvalue weighted by Crippen LogP contribution is 2.44. The van der Waals surface area contributed by atoms with Gasteiger partial charge in [-0.2, -0.15) is 0 Å². The zero-order chi connectivity index (χ0) is 24.8. The average Bonchev–Trinajstić information content (AvgIpc) is 3.11. The highest BCUT2D eigenvalue weighted by Gasteiger charge is 2.31. The van der Waals surface area contributed by atoms with Gasteiger partial charge in [0.05, 0.1) is 5.92 Å². The summed E-state index contributed by atoms with van der Waals surface area (Å²) in [6.07, 6.45) is -0.0524. The summed E-state index contributed by atoms with van der Waals surface area (Å²) in [5.74, 6) is -1.70. The van der Waals surface area contributed by atoms with Crippen LogP contribution in [-0.4, -0.2) is 53.7 Å². The number of carboxylic acids is 1. The van der Waals surface area contributed by atoms with Crippen molar-refractivity contribution in [2.45, 2.75) is 46.1 Å². The normalized spacial score (nSPS) is 13.4. The van der Waals surface area contributed by atoms with Crippen LogP contribution in [-0.2, 0) is 14.3 Å². The smallest absolute Gasteiger partial charge is 0.407 e. The lowest BCUT2D eigenvalue weighted by molar-refractivity contribution is -0.148. The summed E-state index contributed by atoms with van der Waals surface area (Å²) in [5.41, 5.74) is 4.57. The second-order valence-electron chi connectivity index (χ2n) is 9.49. The maximum absolute atomic E-state index is 13.1. The molecule has 1 aliphatic rings. The third-order valence-corrected chi connectivity index (χ3v) is 6.15. The summed E-state index contributed by atoms with van der Waals surface area (Å²) in [4.78, 5) is 38.2. The van der Waals surface area contributed by atoms with Gasteiger partial charge in [0.15, 0.2) is 0 Å². The molecule has 2 N–H and O–H groups in total. The molecule has 2 aromatic carbocycles. The molecule has 0 fully saturated rings. The first-order chi connectivity index (χ1) is 16.2. The summed E-state index contributed by atoms with van der Waals surface area (Å²) in [7, 11) is 0. The molecule has 1 atom stereocenters. The molecule has 2 aromatic rings. The molecule has 34 heavy (non-hydrogen) atoms. The fourth-order valence-corrected chi connectivity index (χ4v) is 4.59. The van der Waals surface area contributed by atoms with E-state index in [2.05, 4.69) is 29.6 Å². The van der Waals surface area contributed by atoms with E-state index < -0.39 is 18.0 Å². The predicted molar refractivity (Wildman–Crippen MR) is 131 cm³/mol. The largest absolute Gasteiger partial charge is 0.480 e. The molecule has 2 amide bonds. The molecule has 0 saturated heterocycles. The number of aliphatic carboxylic acids is 1. The van der Waals surface area contributed by atoms with Crippen molar-refractivity contribution in [1.82, 2.24) is 10.2 Å². The number of benzene rings is 2.